The lowest BCUT2D eigenvalue weighted by atomic mass is 10.2. The van der Waals surface area contributed by atoms with Crippen molar-refractivity contribution in [2.75, 3.05) is 12.4 Å². The fraction of sp³-hybridized carbons (Fsp3) is 0.727. The molecule has 100 valence electrons. The molecule has 2 heterocycles. The SMILES string of the molecule is CCCn1c(SCC(=O)O)nnc1C1CCCO1. The third kappa shape index (κ3) is 3.02. The number of ether oxygens (including phenoxy) is 1. The minimum atomic E-state index is -0.843. The average molecular weight is 271 g/mol. The van der Waals surface area contributed by atoms with Gasteiger partial charge in [0.25, 0.3) is 0 Å². The molecule has 18 heavy (non-hydrogen) atoms. The van der Waals surface area contributed by atoms with E-state index in [1.807, 2.05) is 4.57 Å². The molecule has 7 heteroatoms. The van der Waals surface area contributed by atoms with Crippen LogP contribution in [0.4, 0.5) is 0 Å². The van der Waals surface area contributed by atoms with Crippen molar-refractivity contribution in [3.63, 3.8) is 0 Å². The molecule has 0 radical (unpaired) electrons. The number of carboxylic acids is 1. The summed E-state index contributed by atoms with van der Waals surface area (Å²) >= 11 is 1.21. The molecule has 1 N–H and O–H groups in total. The second-order valence-electron chi connectivity index (χ2n) is 4.18. The molecule has 1 aromatic rings. The van der Waals surface area contributed by atoms with Crippen LogP contribution in [-0.2, 0) is 16.1 Å². The molecule has 1 aliphatic heterocycles. The van der Waals surface area contributed by atoms with Crippen molar-refractivity contribution in [3.8, 4) is 0 Å². The zero-order valence-electron chi connectivity index (χ0n) is 10.3. The number of carboxylic acid groups (broad SMARTS) is 1. The van der Waals surface area contributed by atoms with Crippen LogP contribution in [0.5, 0.6) is 0 Å². The molecule has 6 nitrogen and oxygen atoms in total. The van der Waals surface area contributed by atoms with E-state index in [1.165, 1.54) is 11.8 Å². The first kappa shape index (κ1) is 13.4. The van der Waals surface area contributed by atoms with Gasteiger partial charge >= 0.3 is 5.97 Å². The highest BCUT2D eigenvalue weighted by Gasteiger charge is 2.25. The molecule has 0 saturated carbocycles. The van der Waals surface area contributed by atoms with Gasteiger partial charge in [0.1, 0.15) is 6.10 Å². The highest BCUT2D eigenvalue weighted by atomic mass is 32.2. The van der Waals surface area contributed by atoms with Gasteiger partial charge < -0.3 is 14.4 Å². The van der Waals surface area contributed by atoms with Gasteiger partial charge in [-0.2, -0.15) is 0 Å². The minimum absolute atomic E-state index is 0.00731. The maximum Gasteiger partial charge on any atom is 0.313 e. The third-order valence-electron chi connectivity index (χ3n) is 2.74. The molecule has 0 bridgehead atoms. The lowest BCUT2D eigenvalue weighted by Crippen LogP contribution is -2.10. The summed E-state index contributed by atoms with van der Waals surface area (Å²) in [7, 11) is 0. The number of hydrogen-bond acceptors (Lipinski definition) is 5. The van der Waals surface area contributed by atoms with Gasteiger partial charge in [0.2, 0.25) is 0 Å². The Morgan fingerprint density at radius 3 is 3.06 bits per heavy atom. The van der Waals surface area contributed by atoms with Gasteiger partial charge in [-0.15, -0.1) is 10.2 Å². The fourth-order valence-electron chi connectivity index (χ4n) is 1.99. The molecule has 1 saturated heterocycles. The van der Waals surface area contributed by atoms with Crippen LogP contribution in [0.3, 0.4) is 0 Å². The standard InChI is InChI=1S/C11H17N3O3S/c1-2-5-14-10(8-4-3-6-17-8)12-13-11(14)18-7-9(15)16/h8H,2-7H2,1H3,(H,15,16). The van der Waals surface area contributed by atoms with Crippen LogP contribution in [0.1, 0.15) is 38.1 Å². The van der Waals surface area contributed by atoms with E-state index in [2.05, 4.69) is 17.1 Å². The number of hydrogen-bond donors (Lipinski definition) is 1. The van der Waals surface area contributed by atoms with Crippen LogP contribution in [0, 0.1) is 0 Å². The van der Waals surface area contributed by atoms with E-state index in [-0.39, 0.29) is 11.9 Å². The third-order valence-corrected chi connectivity index (χ3v) is 3.69. The highest BCUT2D eigenvalue weighted by Crippen LogP contribution is 2.29. The van der Waals surface area contributed by atoms with E-state index in [4.69, 9.17) is 9.84 Å². The van der Waals surface area contributed by atoms with Crippen molar-refractivity contribution in [1.29, 1.82) is 0 Å². The Balaban J connectivity index is 2.16. The lowest BCUT2D eigenvalue weighted by molar-refractivity contribution is -0.133. The first-order valence-electron chi connectivity index (χ1n) is 6.11. The van der Waals surface area contributed by atoms with E-state index in [1.54, 1.807) is 0 Å². The molecule has 0 aliphatic carbocycles. The summed E-state index contributed by atoms with van der Waals surface area (Å²) in [5.41, 5.74) is 0. The Labute approximate surface area is 110 Å². The molecular formula is C11H17N3O3S. The first-order valence-corrected chi connectivity index (χ1v) is 7.10. The molecule has 1 aliphatic rings. The van der Waals surface area contributed by atoms with Crippen LogP contribution in [0.15, 0.2) is 5.16 Å². The van der Waals surface area contributed by atoms with Crippen molar-refractivity contribution in [3.05, 3.63) is 5.82 Å². The number of carbonyl (C=O) groups is 1. The summed E-state index contributed by atoms with van der Waals surface area (Å²) in [6.45, 7) is 3.64. The first-order chi connectivity index (χ1) is 8.72. The van der Waals surface area contributed by atoms with Crippen LogP contribution in [-0.4, -0.2) is 38.2 Å². The quantitative estimate of drug-likeness (QED) is 0.794. The van der Waals surface area contributed by atoms with Crippen molar-refractivity contribution in [1.82, 2.24) is 14.8 Å². The van der Waals surface area contributed by atoms with Gasteiger partial charge in [0.05, 0.1) is 5.75 Å². The monoisotopic (exact) mass is 271 g/mol. The van der Waals surface area contributed by atoms with E-state index < -0.39 is 5.97 Å². The molecule has 0 aromatic carbocycles. The van der Waals surface area contributed by atoms with Gasteiger partial charge in [0, 0.05) is 13.2 Å². The van der Waals surface area contributed by atoms with Crippen molar-refractivity contribution in [2.45, 2.75) is 44.0 Å². The van der Waals surface area contributed by atoms with Gasteiger partial charge in [-0.25, -0.2) is 0 Å². The molecule has 0 amide bonds. The molecule has 1 unspecified atom stereocenters. The molecular weight excluding hydrogens is 254 g/mol. The number of rotatable bonds is 6. The number of aliphatic carboxylic acids is 1. The number of nitrogens with zero attached hydrogens (tertiary/aromatic N) is 3. The van der Waals surface area contributed by atoms with Gasteiger partial charge in [-0.3, -0.25) is 4.79 Å². The summed E-state index contributed by atoms with van der Waals surface area (Å²) in [6.07, 6.45) is 2.98. The Morgan fingerprint density at radius 1 is 1.61 bits per heavy atom. The zero-order chi connectivity index (χ0) is 13.0. The van der Waals surface area contributed by atoms with Gasteiger partial charge in [-0.1, -0.05) is 18.7 Å². The average Bonchev–Trinajstić information content (AvgIpc) is 2.95. The Morgan fingerprint density at radius 2 is 2.44 bits per heavy atom. The molecule has 0 spiro atoms. The highest BCUT2D eigenvalue weighted by molar-refractivity contribution is 7.99. The summed E-state index contributed by atoms with van der Waals surface area (Å²) in [4.78, 5) is 10.6. The van der Waals surface area contributed by atoms with Crippen LogP contribution < -0.4 is 0 Å². The fourth-order valence-corrected chi connectivity index (χ4v) is 2.68. The Kier molecular flexibility index (Phi) is 4.60. The van der Waals surface area contributed by atoms with Gasteiger partial charge in [0.15, 0.2) is 11.0 Å². The molecule has 1 aromatic heterocycles. The predicted molar refractivity (Wildman–Crippen MR) is 66.6 cm³/mol. The molecule has 2 rings (SSSR count). The molecule has 1 atom stereocenters. The van der Waals surface area contributed by atoms with Crippen LogP contribution in [0.2, 0.25) is 0 Å². The Bertz CT molecular complexity index is 416. The summed E-state index contributed by atoms with van der Waals surface area (Å²) in [6, 6.07) is 0. The second-order valence-corrected chi connectivity index (χ2v) is 5.12. The maximum atomic E-state index is 10.6. The zero-order valence-corrected chi connectivity index (χ0v) is 11.2. The van der Waals surface area contributed by atoms with E-state index in [0.717, 1.165) is 38.2 Å². The van der Waals surface area contributed by atoms with Gasteiger partial charge in [-0.05, 0) is 19.3 Å². The summed E-state index contributed by atoms with van der Waals surface area (Å²) in [5.74, 6) is -0.000137. The van der Waals surface area contributed by atoms with E-state index >= 15 is 0 Å². The lowest BCUT2D eigenvalue weighted by Gasteiger charge is -2.12. The normalized spacial score (nSPS) is 19.3. The smallest absolute Gasteiger partial charge is 0.313 e. The van der Waals surface area contributed by atoms with E-state index in [9.17, 15) is 4.79 Å². The number of aromatic nitrogens is 3. The number of thioether (sulfide) groups is 1. The van der Waals surface area contributed by atoms with Crippen molar-refractivity contribution >= 4 is 17.7 Å². The van der Waals surface area contributed by atoms with Crippen molar-refractivity contribution < 1.29 is 14.6 Å². The summed E-state index contributed by atoms with van der Waals surface area (Å²) in [5, 5.41) is 17.6. The minimum Gasteiger partial charge on any atom is -0.481 e. The maximum absolute atomic E-state index is 10.6. The molecule has 1 fully saturated rings. The predicted octanol–water partition coefficient (Wildman–Crippen LogP) is 1.72. The topological polar surface area (TPSA) is 77.2 Å². The second kappa shape index (κ2) is 6.19. The van der Waals surface area contributed by atoms with Crippen LogP contribution in [0.25, 0.3) is 0 Å². The van der Waals surface area contributed by atoms with E-state index in [0.29, 0.717) is 5.16 Å². The van der Waals surface area contributed by atoms with Crippen molar-refractivity contribution in [2.24, 2.45) is 0 Å². The Hall–Kier alpha value is -1.08. The largest absolute Gasteiger partial charge is 0.481 e. The van der Waals surface area contributed by atoms with Crippen LogP contribution >= 0.6 is 11.8 Å². The summed E-state index contributed by atoms with van der Waals surface area (Å²) < 4.78 is 7.61.